The molecular formula is C18H16F2N4O2S. The van der Waals surface area contributed by atoms with Crippen molar-refractivity contribution in [3.63, 3.8) is 0 Å². The van der Waals surface area contributed by atoms with Crippen LogP contribution in [0.3, 0.4) is 0 Å². The minimum Gasteiger partial charge on any atom is -0.494 e. The molecule has 1 heterocycles. The van der Waals surface area contributed by atoms with E-state index < -0.39 is 11.6 Å². The van der Waals surface area contributed by atoms with Crippen LogP contribution in [0.4, 0.5) is 14.5 Å². The number of hydrogen-bond acceptors (Lipinski definition) is 5. The summed E-state index contributed by atoms with van der Waals surface area (Å²) in [6, 6.07) is 10.8. The van der Waals surface area contributed by atoms with Gasteiger partial charge in [0.2, 0.25) is 11.7 Å². The molecule has 0 unspecified atom stereocenters. The van der Waals surface area contributed by atoms with E-state index in [1.807, 2.05) is 31.2 Å². The Morgan fingerprint density at radius 2 is 1.85 bits per heavy atom. The first-order chi connectivity index (χ1) is 13.1. The number of hydrogen-bond donors (Lipinski definition) is 2. The summed E-state index contributed by atoms with van der Waals surface area (Å²) < 4.78 is 37.7. The molecule has 9 heteroatoms. The van der Waals surface area contributed by atoms with Gasteiger partial charge in [0.25, 0.3) is 0 Å². The molecule has 0 fully saturated rings. The molecule has 2 aromatic carbocycles. The molecular weight excluding hydrogens is 374 g/mol. The average Bonchev–Trinajstić information content (AvgIpc) is 3.13. The highest BCUT2D eigenvalue weighted by atomic mass is 32.1. The summed E-state index contributed by atoms with van der Waals surface area (Å²) in [4.78, 5) is 4.25. The minimum absolute atomic E-state index is 0.0276. The zero-order valence-corrected chi connectivity index (χ0v) is 15.1. The quantitative estimate of drug-likeness (QED) is 0.619. The van der Waals surface area contributed by atoms with E-state index >= 15 is 0 Å². The van der Waals surface area contributed by atoms with Crippen LogP contribution in [0, 0.1) is 11.6 Å². The summed E-state index contributed by atoms with van der Waals surface area (Å²) in [5.74, 6) is -0.0428. The number of ether oxygens (including phenoxy) is 1. The molecule has 140 valence electrons. The topological polar surface area (TPSA) is 72.2 Å². The number of benzene rings is 2. The van der Waals surface area contributed by atoms with E-state index in [0.29, 0.717) is 12.4 Å². The first kappa shape index (κ1) is 18.7. The van der Waals surface area contributed by atoms with Gasteiger partial charge in [-0.1, -0.05) is 11.2 Å². The van der Waals surface area contributed by atoms with Gasteiger partial charge < -0.3 is 19.9 Å². The number of nitrogens with zero attached hydrogens (tertiary/aromatic N) is 2. The third kappa shape index (κ3) is 4.76. The molecule has 0 aliphatic heterocycles. The van der Waals surface area contributed by atoms with Crippen LogP contribution in [0.15, 0.2) is 47.0 Å². The minimum atomic E-state index is -0.741. The lowest BCUT2D eigenvalue weighted by Crippen LogP contribution is -2.28. The van der Waals surface area contributed by atoms with Gasteiger partial charge in [-0.05, 0) is 55.5 Å². The monoisotopic (exact) mass is 390 g/mol. The molecule has 0 aliphatic carbocycles. The molecule has 3 aromatic rings. The van der Waals surface area contributed by atoms with Crippen molar-refractivity contribution in [1.82, 2.24) is 15.5 Å². The standard InChI is InChI=1S/C18H16F2N4O2S/c1-2-25-12-8-6-11(7-9-12)17-22-15(26-24-17)10-21-18(27)23-16-13(19)4-3-5-14(16)20/h3-9H,2,10H2,1H3,(H2,21,23,27). The van der Waals surface area contributed by atoms with Crippen LogP contribution in [-0.2, 0) is 6.54 Å². The van der Waals surface area contributed by atoms with E-state index in [-0.39, 0.29) is 23.2 Å². The first-order valence-corrected chi connectivity index (χ1v) is 8.52. The number of aromatic nitrogens is 2. The molecule has 0 bridgehead atoms. The molecule has 0 amide bonds. The van der Waals surface area contributed by atoms with Gasteiger partial charge in [0.1, 0.15) is 23.1 Å². The Morgan fingerprint density at radius 3 is 2.52 bits per heavy atom. The van der Waals surface area contributed by atoms with Gasteiger partial charge in [0.05, 0.1) is 13.2 Å². The molecule has 2 N–H and O–H groups in total. The molecule has 0 saturated carbocycles. The third-order valence-electron chi connectivity index (χ3n) is 3.49. The Balaban J connectivity index is 1.58. The van der Waals surface area contributed by atoms with Crippen molar-refractivity contribution in [3.05, 3.63) is 60.0 Å². The van der Waals surface area contributed by atoms with Crippen molar-refractivity contribution >= 4 is 23.0 Å². The predicted octanol–water partition coefficient (Wildman–Crippen LogP) is 3.90. The third-order valence-corrected chi connectivity index (χ3v) is 3.74. The summed E-state index contributed by atoms with van der Waals surface area (Å²) >= 11 is 5.03. The Kier molecular flexibility index (Phi) is 5.92. The van der Waals surface area contributed by atoms with Gasteiger partial charge in [0, 0.05) is 5.56 Å². The highest BCUT2D eigenvalue weighted by Gasteiger charge is 2.12. The summed E-state index contributed by atoms with van der Waals surface area (Å²) in [5, 5.41) is 9.16. The van der Waals surface area contributed by atoms with E-state index in [4.69, 9.17) is 21.5 Å². The number of thiocarbonyl (C=S) groups is 1. The second-order valence-corrected chi connectivity index (χ2v) is 5.78. The molecule has 1 aromatic heterocycles. The molecule has 3 rings (SSSR count). The number of anilines is 1. The molecule has 0 saturated heterocycles. The summed E-state index contributed by atoms with van der Waals surface area (Å²) in [7, 11) is 0. The Hall–Kier alpha value is -3.07. The molecule has 0 radical (unpaired) electrons. The fraction of sp³-hybridized carbons (Fsp3) is 0.167. The van der Waals surface area contributed by atoms with Crippen LogP contribution in [0.2, 0.25) is 0 Å². The van der Waals surface area contributed by atoms with Crippen molar-refractivity contribution < 1.29 is 18.0 Å². The van der Waals surface area contributed by atoms with Crippen LogP contribution in [-0.4, -0.2) is 21.9 Å². The maximum atomic E-state index is 13.6. The fourth-order valence-electron chi connectivity index (χ4n) is 2.24. The van der Waals surface area contributed by atoms with Crippen molar-refractivity contribution in [2.45, 2.75) is 13.5 Å². The summed E-state index contributed by atoms with van der Waals surface area (Å²) in [5.41, 5.74) is 0.443. The molecule has 0 aliphatic rings. The summed E-state index contributed by atoms with van der Waals surface area (Å²) in [6.07, 6.45) is 0. The van der Waals surface area contributed by atoms with E-state index in [1.165, 1.54) is 6.07 Å². The zero-order chi connectivity index (χ0) is 19.2. The van der Waals surface area contributed by atoms with Crippen LogP contribution < -0.4 is 15.4 Å². The van der Waals surface area contributed by atoms with Crippen LogP contribution in [0.1, 0.15) is 12.8 Å². The van der Waals surface area contributed by atoms with Gasteiger partial charge >= 0.3 is 0 Å². The SMILES string of the molecule is CCOc1ccc(-c2noc(CNC(=S)Nc3c(F)cccc3F)n2)cc1. The van der Waals surface area contributed by atoms with Crippen molar-refractivity contribution in [3.8, 4) is 17.1 Å². The van der Waals surface area contributed by atoms with Crippen LogP contribution in [0.25, 0.3) is 11.4 Å². The van der Waals surface area contributed by atoms with Gasteiger partial charge in [0.15, 0.2) is 5.11 Å². The van der Waals surface area contributed by atoms with Crippen molar-refractivity contribution in [2.75, 3.05) is 11.9 Å². The van der Waals surface area contributed by atoms with Crippen LogP contribution in [0.5, 0.6) is 5.75 Å². The van der Waals surface area contributed by atoms with Gasteiger partial charge in [-0.15, -0.1) is 0 Å². The summed E-state index contributed by atoms with van der Waals surface area (Å²) in [6.45, 7) is 2.60. The lowest BCUT2D eigenvalue weighted by Gasteiger charge is -2.10. The van der Waals surface area contributed by atoms with E-state index in [1.54, 1.807) is 0 Å². The second-order valence-electron chi connectivity index (χ2n) is 5.37. The van der Waals surface area contributed by atoms with E-state index in [9.17, 15) is 8.78 Å². The highest BCUT2D eigenvalue weighted by molar-refractivity contribution is 7.80. The van der Waals surface area contributed by atoms with E-state index in [0.717, 1.165) is 23.4 Å². The van der Waals surface area contributed by atoms with E-state index in [2.05, 4.69) is 20.8 Å². The van der Waals surface area contributed by atoms with Crippen molar-refractivity contribution in [1.29, 1.82) is 0 Å². The van der Waals surface area contributed by atoms with Crippen LogP contribution >= 0.6 is 12.2 Å². The number of nitrogens with one attached hydrogen (secondary N) is 2. The highest BCUT2D eigenvalue weighted by Crippen LogP contribution is 2.20. The fourth-order valence-corrected chi connectivity index (χ4v) is 2.42. The zero-order valence-electron chi connectivity index (χ0n) is 14.3. The number of halogens is 2. The lowest BCUT2D eigenvalue weighted by molar-refractivity contribution is 0.340. The maximum Gasteiger partial charge on any atom is 0.246 e. The first-order valence-electron chi connectivity index (χ1n) is 8.11. The Labute approximate surface area is 159 Å². The molecule has 6 nitrogen and oxygen atoms in total. The Bertz CT molecular complexity index is 911. The van der Waals surface area contributed by atoms with Crippen molar-refractivity contribution in [2.24, 2.45) is 0 Å². The van der Waals surface area contributed by atoms with Gasteiger partial charge in [-0.2, -0.15) is 4.98 Å². The smallest absolute Gasteiger partial charge is 0.246 e. The largest absolute Gasteiger partial charge is 0.494 e. The number of para-hydroxylation sites is 1. The molecule has 0 atom stereocenters. The Morgan fingerprint density at radius 1 is 1.15 bits per heavy atom. The molecule has 27 heavy (non-hydrogen) atoms. The maximum absolute atomic E-state index is 13.6. The normalized spacial score (nSPS) is 10.5. The predicted molar refractivity (Wildman–Crippen MR) is 100 cm³/mol. The lowest BCUT2D eigenvalue weighted by atomic mass is 10.2. The second kappa shape index (κ2) is 8.54. The average molecular weight is 390 g/mol. The number of rotatable bonds is 6. The van der Waals surface area contributed by atoms with Gasteiger partial charge in [-0.25, -0.2) is 8.78 Å². The molecule has 0 spiro atoms. The van der Waals surface area contributed by atoms with Gasteiger partial charge in [-0.3, -0.25) is 0 Å².